The molecule has 0 heterocycles. The molecule has 0 radical (unpaired) electrons. The molecule has 0 unspecified atom stereocenters. The average Bonchev–Trinajstić information content (AvgIpc) is 2.18. The van der Waals surface area contributed by atoms with E-state index in [1.54, 1.807) is 24.3 Å². The summed E-state index contributed by atoms with van der Waals surface area (Å²) >= 11 is 0. The van der Waals surface area contributed by atoms with Crippen LogP contribution < -0.4 is 10.1 Å². The van der Waals surface area contributed by atoms with E-state index in [0.717, 1.165) is 0 Å². The lowest BCUT2D eigenvalue weighted by atomic mass is 10.3. The van der Waals surface area contributed by atoms with E-state index in [9.17, 15) is 4.79 Å². The number of carbonyl (C=O) groups excluding carboxylic acids is 1. The molecule has 7 heteroatoms. The molecule has 0 fully saturated rings. The van der Waals surface area contributed by atoms with Crippen molar-refractivity contribution in [2.24, 2.45) is 0 Å². The Hall–Kier alpha value is -1.33. The molecule has 0 aliphatic rings. The van der Waals surface area contributed by atoms with Gasteiger partial charge in [0.1, 0.15) is 5.75 Å². The second kappa shape index (κ2) is 5.84. The van der Waals surface area contributed by atoms with E-state index in [0.29, 0.717) is 11.4 Å². The summed E-state index contributed by atoms with van der Waals surface area (Å²) in [7, 11) is -3.51. The fourth-order valence-electron chi connectivity index (χ4n) is 1.02. The molecule has 1 aromatic carbocycles. The molecule has 94 valence electrons. The van der Waals surface area contributed by atoms with Crippen molar-refractivity contribution >= 4 is 25.5 Å². The SMILES string of the molecule is C=P(O)(O)OCOc1ccc(NC(C)=O)cc1. The van der Waals surface area contributed by atoms with Crippen molar-refractivity contribution in [2.75, 3.05) is 12.1 Å². The number of hydrogen-bond donors (Lipinski definition) is 3. The van der Waals surface area contributed by atoms with Gasteiger partial charge < -0.3 is 19.8 Å². The minimum absolute atomic E-state index is 0.158. The van der Waals surface area contributed by atoms with Crippen molar-refractivity contribution in [2.45, 2.75) is 6.92 Å². The standard InChI is InChI=1S/C10H14NO5P/c1-8(12)11-9-3-5-10(6-4-9)15-7-16-17(2,13)14/h3-6,13-14H,2,7H2,1H3,(H,11,12). The Kier molecular flexibility index (Phi) is 4.72. The lowest BCUT2D eigenvalue weighted by Crippen LogP contribution is -2.05. The minimum atomic E-state index is -3.51. The van der Waals surface area contributed by atoms with Crippen LogP contribution in [-0.4, -0.2) is 28.8 Å². The molecule has 0 atom stereocenters. The maximum absolute atomic E-state index is 10.8. The van der Waals surface area contributed by atoms with Crippen molar-refractivity contribution in [1.82, 2.24) is 0 Å². The van der Waals surface area contributed by atoms with Gasteiger partial charge in [0, 0.05) is 12.6 Å². The molecule has 1 rings (SSSR count). The van der Waals surface area contributed by atoms with Gasteiger partial charge in [0.25, 0.3) is 0 Å². The van der Waals surface area contributed by atoms with E-state index in [1.165, 1.54) is 6.92 Å². The summed E-state index contributed by atoms with van der Waals surface area (Å²) in [6, 6.07) is 6.54. The van der Waals surface area contributed by atoms with Gasteiger partial charge in [-0.1, -0.05) is 0 Å². The van der Waals surface area contributed by atoms with Crippen LogP contribution in [0.25, 0.3) is 0 Å². The van der Waals surface area contributed by atoms with E-state index >= 15 is 0 Å². The highest BCUT2D eigenvalue weighted by molar-refractivity contribution is 7.57. The fraction of sp³-hybridized carbons (Fsp3) is 0.200. The molecule has 0 saturated carbocycles. The van der Waals surface area contributed by atoms with Gasteiger partial charge >= 0.3 is 0 Å². The first-order chi connectivity index (χ1) is 7.87. The number of benzene rings is 1. The van der Waals surface area contributed by atoms with Crippen LogP contribution in [-0.2, 0) is 9.32 Å². The molecule has 0 saturated heterocycles. The zero-order valence-corrected chi connectivity index (χ0v) is 10.2. The monoisotopic (exact) mass is 259 g/mol. The highest BCUT2D eigenvalue weighted by atomic mass is 31.2. The first-order valence-corrected chi connectivity index (χ1v) is 6.50. The number of ether oxygens (including phenoxy) is 1. The van der Waals surface area contributed by atoms with Crippen LogP contribution in [0, 0.1) is 0 Å². The second-order valence-corrected chi connectivity index (χ2v) is 4.85. The largest absolute Gasteiger partial charge is 0.467 e. The molecular formula is C10H14NO5P. The Balaban J connectivity index is 2.46. The van der Waals surface area contributed by atoms with Gasteiger partial charge in [0.05, 0.1) is 0 Å². The number of hydrogen-bond acceptors (Lipinski definition) is 5. The van der Waals surface area contributed by atoms with Crippen LogP contribution in [0.1, 0.15) is 6.92 Å². The van der Waals surface area contributed by atoms with Gasteiger partial charge in [0.2, 0.25) is 13.5 Å². The number of carbonyl (C=O) groups is 1. The van der Waals surface area contributed by atoms with Crippen molar-refractivity contribution in [3.8, 4) is 5.75 Å². The number of rotatable bonds is 5. The number of nitrogens with one attached hydrogen (secondary N) is 1. The third kappa shape index (κ3) is 6.09. The Morgan fingerprint density at radius 3 is 2.47 bits per heavy atom. The predicted molar refractivity (Wildman–Crippen MR) is 65.8 cm³/mol. The molecule has 3 N–H and O–H groups in total. The van der Waals surface area contributed by atoms with Gasteiger partial charge in [-0.25, -0.2) is 0 Å². The summed E-state index contributed by atoms with van der Waals surface area (Å²) in [4.78, 5) is 28.4. The van der Waals surface area contributed by atoms with E-state index < -0.39 is 7.57 Å². The molecule has 0 aliphatic heterocycles. The van der Waals surface area contributed by atoms with Crippen LogP contribution in [0.4, 0.5) is 5.69 Å². The third-order valence-electron chi connectivity index (χ3n) is 1.66. The number of anilines is 1. The highest BCUT2D eigenvalue weighted by Gasteiger charge is 2.04. The molecule has 0 bridgehead atoms. The Bertz CT molecular complexity index is 425. The lowest BCUT2D eigenvalue weighted by Gasteiger charge is -2.11. The van der Waals surface area contributed by atoms with Crippen molar-refractivity contribution in [3.63, 3.8) is 0 Å². The van der Waals surface area contributed by atoms with Crippen LogP contribution in [0.2, 0.25) is 0 Å². The minimum Gasteiger partial charge on any atom is -0.467 e. The fourth-order valence-corrected chi connectivity index (χ4v) is 1.24. The summed E-state index contributed by atoms with van der Waals surface area (Å²) < 4.78 is 9.62. The Labute approximate surface area is 99.0 Å². The van der Waals surface area contributed by atoms with Crippen molar-refractivity contribution in [1.29, 1.82) is 0 Å². The number of amides is 1. The van der Waals surface area contributed by atoms with Crippen molar-refractivity contribution in [3.05, 3.63) is 24.3 Å². The normalized spacial score (nSPS) is 11.0. The second-order valence-electron chi connectivity index (χ2n) is 3.26. The Morgan fingerprint density at radius 2 is 2.00 bits per heavy atom. The molecule has 1 aromatic rings. The van der Waals surface area contributed by atoms with Crippen LogP contribution in [0.5, 0.6) is 5.75 Å². The highest BCUT2D eigenvalue weighted by Crippen LogP contribution is 2.34. The topological polar surface area (TPSA) is 88.0 Å². The molecule has 17 heavy (non-hydrogen) atoms. The first kappa shape index (κ1) is 13.7. The molecule has 1 amide bonds. The van der Waals surface area contributed by atoms with Gasteiger partial charge in [-0.2, -0.15) is 0 Å². The van der Waals surface area contributed by atoms with E-state index in [4.69, 9.17) is 14.5 Å². The van der Waals surface area contributed by atoms with E-state index in [-0.39, 0.29) is 12.7 Å². The Morgan fingerprint density at radius 1 is 1.41 bits per heavy atom. The maximum atomic E-state index is 10.8. The van der Waals surface area contributed by atoms with E-state index in [2.05, 4.69) is 16.1 Å². The van der Waals surface area contributed by atoms with Crippen LogP contribution in [0.15, 0.2) is 24.3 Å². The third-order valence-corrected chi connectivity index (χ3v) is 2.18. The average molecular weight is 259 g/mol. The van der Waals surface area contributed by atoms with Crippen molar-refractivity contribution < 1.29 is 23.8 Å². The van der Waals surface area contributed by atoms with Crippen LogP contribution in [0.3, 0.4) is 0 Å². The van der Waals surface area contributed by atoms with E-state index in [1.807, 2.05) is 0 Å². The maximum Gasteiger partial charge on any atom is 0.248 e. The zero-order chi connectivity index (χ0) is 12.9. The predicted octanol–water partition coefficient (Wildman–Crippen LogP) is 1.18. The lowest BCUT2D eigenvalue weighted by molar-refractivity contribution is -0.114. The molecule has 0 aliphatic carbocycles. The molecule has 0 spiro atoms. The summed E-state index contributed by atoms with van der Waals surface area (Å²) in [5.41, 5.74) is 0.647. The van der Waals surface area contributed by atoms with Gasteiger partial charge in [-0.05, 0) is 30.6 Å². The summed E-state index contributed by atoms with van der Waals surface area (Å²) in [5.74, 6) is 0.321. The zero-order valence-electron chi connectivity index (χ0n) is 9.29. The summed E-state index contributed by atoms with van der Waals surface area (Å²) in [5, 5.41) is 2.60. The summed E-state index contributed by atoms with van der Waals surface area (Å²) in [6.45, 7) is 1.11. The van der Waals surface area contributed by atoms with Gasteiger partial charge in [-0.3, -0.25) is 9.32 Å². The van der Waals surface area contributed by atoms with Gasteiger partial charge in [0.15, 0.2) is 6.79 Å². The molecule has 0 aromatic heterocycles. The van der Waals surface area contributed by atoms with Gasteiger partial charge in [-0.15, -0.1) is 0 Å². The quantitative estimate of drug-likeness (QED) is 0.546. The molecular weight excluding hydrogens is 245 g/mol. The van der Waals surface area contributed by atoms with Crippen LogP contribution >= 0.6 is 7.57 Å². The smallest absolute Gasteiger partial charge is 0.248 e. The first-order valence-electron chi connectivity index (χ1n) is 4.71. The molecule has 6 nitrogen and oxygen atoms in total. The summed E-state index contributed by atoms with van der Waals surface area (Å²) in [6.07, 6.45) is 3.02.